The third-order valence-corrected chi connectivity index (χ3v) is 2.70. The molecule has 0 amide bonds. The molecule has 1 aliphatic rings. The van der Waals surface area contributed by atoms with Gasteiger partial charge in [-0.3, -0.25) is 0 Å². The maximum atomic E-state index is 5.42. The van der Waals surface area contributed by atoms with Crippen LogP contribution in [0, 0.1) is 0 Å². The molecule has 0 aliphatic carbocycles. The van der Waals surface area contributed by atoms with Crippen molar-refractivity contribution in [2.24, 2.45) is 0 Å². The van der Waals surface area contributed by atoms with E-state index in [1.54, 1.807) is 7.11 Å². The number of ether oxygens (including phenoxy) is 3. The van der Waals surface area contributed by atoms with Gasteiger partial charge in [0.15, 0.2) is 6.79 Å². The standard InChI is InChI=1S/C10H11BrO3/c1-12-6-14-10-4-7-2-3-13-9(7)5-8(10)11/h4-5H,2-3,6H2,1H3. The summed E-state index contributed by atoms with van der Waals surface area (Å²) in [7, 11) is 1.60. The van der Waals surface area contributed by atoms with Crippen molar-refractivity contribution in [3.8, 4) is 11.5 Å². The van der Waals surface area contributed by atoms with Gasteiger partial charge in [-0.25, -0.2) is 0 Å². The first kappa shape index (κ1) is 9.80. The van der Waals surface area contributed by atoms with Crippen LogP contribution in [0.4, 0.5) is 0 Å². The van der Waals surface area contributed by atoms with Crippen molar-refractivity contribution in [2.45, 2.75) is 6.42 Å². The predicted molar refractivity (Wildman–Crippen MR) is 55.8 cm³/mol. The Labute approximate surface area is 91.1 Å². The Morgan fingerprint density at radius 2 is 2.36 bits per heavy atom. The van der Waals surface area contributed by atoms with Crippen molar-refractivity contribution < 1.29 is 14.2 Å². The molecule has 0 bridgehead atoms. The largest absolute Gasteiger partial charge is 0.493 e. The van der Waals surface area contributed by atoms with E-state index >= 15 is 0 Å². The number of fused-ring (bicyclic) bond motifs is 1. The molecule has 2 rings (SSSR count). The van der Waals surface area contributed by atoms with Crippen molar-refractivity contribution in [2.75, 3.05) is 20.5 Å². The van der Waals surface area contributed by atoms with E-state index in [4.69, 9.17) is 14.2 Å². The summed E-state index contributed by atoms with van der Waals surface area (Å²) in [6.07, 6.45) is 0.950. The zero-order valence-electron chi connectivity index (χ0n) is 7.88. The molecular formula is C10H11BrO3. The van der Waals surface area contributed by atoms with Gasteiger partial charge in [0.1, 0.15) is 11.5 Å². The molecule has 3 nitrogen and oxygen atoms in total. The third kappa shape index (κ3) is 1.86. The van der Waals surface area contributed by atoms with E-state index < -0.39 is 0 Å². The molecule has 4 heteroatoms. The minimum atomic E-state index is 0.262. The smallest absolute Gasteiger partial charge is 0.188 e. The minimum absolute atomic E-state index is 0.262. The molecule has 76 valence electrons. The van der Waals surface area contributed by atoms with Crippen LogP contribution in [0.25, 0.3) is 0 Å². The molecular weight excluding hydrogens is 248 g/mol. The maximum Gasteiger partial charge on any atom is 0.188 e. The Balaban J connectivity index is 2.23. The van der Waals surface area contributed by atoms with Crippen molar-refractivity contribution >= 4 is 15.9 Å². The molecule has 0 atom stereocenters. The zero-order valence-corrected chi connectivity index (χ0v) is 9.46. The monoisotopic (exact) mass is 258 g/mol. The summed E-state index contributed by atoms with van der Waals surface area (Å²) in [5.74, 6) is 1.75. The van der Waals surface area contributed by atoms with Crippen LogP contribution in [0.15, 0.2) is 16.6 Å². The highest BCUT2D eigenvalue weighted by Crippen LogP contribution is 2.35. The number of benzene rings is 1. The van der Waals surface area contributed by atoms with Gasteiger partial charge >= 0.3 is 0 Å². The Bertz CT molecular complexity index is 338. The normalized spacial score (nSPS) is 13.6. The van der Waals surface area contributed by atoms with Gasteiger partial charge in [0.25, 0.3) is 0 Å². The van der Waals surface area contributed by atoms with Gasteiger partial charge in [0.2, 0.25) is 0 Å². The fourth-order valence-corrected chi connectivity index (χ4v) is 1.85. The predicted octanol–water partition coefficient (Wildman–Crippen LogP) is 2.37. The summed E-state index contributed by atoms with van der Waals surface area (Å²) < 4.78 is 16.6. The summed E-state index contributed by atoms with van der Waals surface area (Å²) in [5, 5.41) is 0. The molecule has 0 radical (unpaired) electrons. The van der Waals surface area contributed by atoms with Crippen LogP contribution in [0.3, 0.4) is 0 Å². The zero-order chi connectivity index (χ0) is 9.97. The summed E-state index contributed by atoms with van der Waals surface area (Å²) in [4.78, 5) is 0. The lowest BCUT2D eigenvalue weighted by atomic mass is 10.2. The Kier molecular flexibility index (Phi) is 2.93. The molecule has 0 saturated carbocycles. The van der Waals surface area contributed by atoms with Crippen molar-refractivity contribution in [3.05, 3.63) is 22.2 Å². The van der Waals surface area contributed by atoms with Crippen LogP contribution >= 0.6 is 15.9 Å². The molecule has 1 heterocycles. The van der Waals surface area contributed by atoms with Crippen molar-refractivity contribution in [3.63, 3.8) is 0 Å². The molecule has 0 aromatic heterocycles. The van der Waals surface area contributed by atoms with Gasteiger partial charge < -0.3 is 14.2 Å². The SMILES string of the molecule is COCOc1cc2c(cc1Br)OCC2. The highest BCUT2D eigenvalue weighted by molar-refractivity contribution is 9.10. The highest BCUT2D eigenvalue weighted by Gasteiger charge is 2.15. The lowest BCUT2D eigenvalue weighted by Gasteiger charge is -2.08. The molecule has 0 spiro atoms. The Hall–Kier alpha value is -0.740. The fourth-order valence-electron chi connectivity index (χ4n) is 1.41. The topological polar surface area (TPSA) is 27.7 Å². The molecule has 14 heavy (non-hydrogen) atoms. The number of halogens is 1. The molecule has 1 aliphatic heterocycles. The number of hydrogen-bond donors (Lipinski definition) is 0. The molecule has 0 unspecified atom stereocenters. The van der Waals surface area contributed by atoms with Crippen LogP contribution in [-0.2, 0) is 11.2 Å². The van der Waals surface area contributed by atoms with Gasteiger partial charge in [-0.1, -0.05) is 0 Å². The van der Waals surface area contributed by atoms with Gasteiger partial charge in [-0.05, 0) is 28.1 Å². The molecule has 0 saturated heterocycles. The number of hydrogen-bond acceptors (Lipinski definition) is 3. The second-order valence-corrected chi connectivity index (χ2v) is 3.89. The lowest BCUT2D eigenvalue weighted by Crippen LogP contribution is -1.99. The third-order valence-electron chi connectivity index (χ3n) is 2.08. The maximum absolute atomic E-state index is 5.42. The lowest BCUT2D eigenvalue weighted by molar-refractivity contribution is 0.0505. The molecule has 1 aromatic carbocycles. The van der Waals surface area contributed by atoms with Crippen molar-refractivity contribution in [1.82, 2.24) is 0 Å². The van der Waals surface area contributed by atoms with Crippen LogP contribution in [0.2, 0.25) is 0 Å². The average Bonchev–Trinajstić information content (AvgIpc) is 2.61. The van der Waals surface area contributed by atoms with Crippen LogP contribution in [-0.4, -0.2) is 20.5 Å². The Morgan fingerprint density at radius 1 is 1.50 bits per heavy atom. The van der Waals surface area contributed by atoms with E-state index in [1.165, 1.54) is 5.56 Å². The van der Waals surface area contributed by atoms with Crippen LogP contribution in [0.5, 0.6) is 11.5 Å². The van der Waals surface area contributed by atoms with Gasteiger partial charge in [-0.2, -0.15) is 0 Å². The number of rotatable bonds is 3. The summed E-state index contributed by atoms with van der Waals surface area (Å²) in [6, 6.07) is 3.93. The van der Waals surface area contributed by atoms with E-state index in [0.717, 1.165) is 29.0 Å². The molecule has 0 fully saturated rings. The van der Waals surface area contributed by atoms with E-state index in [9.17, 15) is 0 Å². The van der Waals surface area contributed by atoms with Gasteiger partial charge in [0, 0.05) is 19.1 Å². The van der Waals surface area contributed by atoms with E-state index in [0.29, 0.717) is 0 Å². The second kappa shape index (κ2) is 4.19. The number of methoxy groups -OCH3 is 1. The minimum Gasteiger partial charge on any atom is -0.493 e. The van der Waals surface area contributed by atoms with Gasteiger partial charge in [-0.15, -0.1) is 0 Å². The average molecular weight is 259 g/mol. The fraction of sp³-hybridized carbons (Fsp3) is 0.400. The Morgan fingerprint density at radius 3 is 3.14 bits per heavy atom. The highest BCUT2D eigenvalue weighted by atomic mass is 79.9. The van der Waals surface area contributed by atoms with E-state index in [1.807, 2.05) is 12.1 Å². The van der Waals surface area contributed by atoms with Gasteiger partial charge in [0.05, 0.1) is 11.1 Å². The first-order chi connectivity index (χ1) is 6.81. The summed E-state index contributed by atoms with van der Waals surface area (Å²) in [6.45, 7) is 1.02. The quantitative estimate of drug-likeness (QED) is 0.780. The molecule has 0 N–H and O–H groups in total. The van der Waals surface area contributed by atoms with Crippen LogP contribution < -0.4 is 9.47 Å². The molecule has 1 aromatic rings. The van der Waals surface area contributed by atoms with Crippen LogP contribution in [0.1, 0.15) is 5.56 Å². The van der Waals surface area contributed by atoms with Crippen molar-refractivity contribution in [1.29, 1.82) is 0 Å². The second-order valence-electron chi connectivity index (χ2n) is 3.04. The first-order valence-corrected chi connectivity index (χ1v) is 5.17. The summed E-state index contributed by atoms with van der Waals surface area (Å²) >= 11 is 3.42. The first-order valence-electron chi connectivity index (χ1n) is 4.38. The van der Waals surface area contributed by atoms with E-state index in [-0.39, 0.29) is 6.79 Å². The van der Waals surface area contributed by atoms with E-state index in [2.05, 4.69) is 15.9 Å². The summed E-state index contributed by atoms with van der Waals surface area (Å²) in [5.41, 5.74) is 1.19.